The minimum absolute atomic E-state index is 0.0199. The number of hydrogen-bond acceptors (Lipinski definition) is 4. The molecule has 110 valence electrons. The molecule has 0 saturated carbocycles. The summed E-state index contributed by atoms with van der Waals surface area (Å²) in [4.78, 5) is 29.1. The SMILES string of the molecule is Cc1ccc(C(=O)NCC(=O)N2CCc3sccc3C2)s1. The van der Waals surface area contributed by atoms with Crippen LogP contribution in [0.25, 0.3) is 0 Å². The molecule has 0 aromatic carbocycles. The molecule has 2 aromatic heterocycles. The molecule has 6 heteroatoms. The summed E-state index contributed by atoms with van der Waals surface area (Å²) in [6, 6.07) is 5.77. The first-order valence-electron chi connectivity index (χ1n) is 6.81. The van der Waals surface area contributed by atoms with Crippen LogP contribution in [0.15, 0.2) is 23.6 Å². The van der Waals surface area contributed by atoms with E-state index in [0.717, 1.165) is 17.8 Å². The van der Waals surface area contributed by atoms with E-state index in [9.17, 15) is 9.59 Å². The summed E-state index contributed by atoms with van der Waals surface area (Å²) in [6.45, 7) is 3.42. The van der Waals surface area contributed by atoms with Crippen molar-refractivity contribution in [3.63, 3.8) is 0 Å². The van der Waals surface area contributed by atoms with E-state index in [-0.39, 0.29) is 18.4 Å². The van der Waals surface area contributed by atoms with Gasteiger partial charge in [-0.1, -0.05) is 0 Å². The number of nitrogens with zero attached hydrogens (tertiary/aromatic N) is 1. The van der Waals surface area contributed by atoms with Gasteiger partial charge in [0, 0.05) is 22.8 Å². The second-order valence-corrected chi connectivity index (χ2v) is 7.32. The largest absolute Gasteiger partial charge is 0.342 e. The Morgan fingerprint density at radius 3 is 2.95 bits per heavy atom. The molecule has 0 saturated heterocycles. The molecule has 3 heterocycles. The number of rotatable bonds is 3. The lowest BCUT2D eigenvalue weighted by Gasteiger charge is -2.27. The zero-order chi connectivity index (χ0) is 14.8. The van der Waals surface area contributed by atoms with Crippen molar-refractivity contribution in [1.82, 2.24) is 10.2 Å². The van der Waals surface area contributed by atoms with Gasteiger partial charge in [0.05, 0.1) is 11.4 Å². The van der Waals surface area contributed by atoms with Crippen molar-refractivity contribution in [2.24, 2.45) is 0 Å². The molecule has 2 aromatic rings. The second-order valence-electron chi connectivity index (χ2n) is 5.03. The molecule has 0 aliphatic carbocycles. The van der Waals surface area contributed by atoms with Gasteiger partial charge in [0.15, 0.2) is 0 Å². The summed E-state index contributed by atoms with van der Waals surface area (Å²) >= 11 is 3.19. The van der Waals surface area contributed by atoms with Crippen molar-refractivity contribution in [3.8, 4) is 0 Å². The lowest BCUT2D eigenvalue weighted by molar-refractivity contribution is -0.131. The third kappa shape index (κ3) is 3.16. The van der Waals surface area contributed by atoms with E-state index >= 15 is 0 Å². The molecule has 0 spiro atoms. The lowest BCUT2D eigenvalue weighted by atomic mass is 10.1. The maximum Gasteiger partial charge on any atom is 0.261 e. The molecule has 0 unspecified atom stereocenters. The summed E-state index contributed by atoms with van der Waals surface area (Å²) in [7, 11) is 0. The predicted octanol–water partition coefficient (Wildman–Crippen LogP) is 2.43. The zero-order valence-corrected chi connectivity index (χ0v) is 13.4. The molecule has 0 fully saturated rings. The molecule has 1 aliphatic heterocycles. The fourth-order valence-corrected chi connectivity index (χ4v) is 4.05. The van der Waals surface area contributed by atoms with Crippen LogP contribution in [-0.4, -0.2) is 29.8 Å². The average Bonchev–Trinajstić information content (AvgIpc) is 3.12. The number of aryl methyl sites for hydroxylation is 1. The van der Waals surface area contributed by atoms with E-state index in [1.807, 2.05) is 17.9 Å². The van der Waals surface area contributed by atoms with E-state index < -0.39 is 0 Å². The Morgan fingerprint density at radius 1 is 1.33 bits per heavy atom. The van der Waals surface area contributed by atoms with Crippen molar-refractivity contribution in [3.05, 3.63) is 43.8 Å². The zero-order valence-electron chi connectivity index (χ0n) is 11.7. The molecule has 1 aliphatic rings. The van der Waals surface area contributed by atoms with Crippen molar-refractivity contribution >= 4 is 34.5 Å². The van der Waals surface area contributed by atoms with Gasteiger partial charge in [0.2, 0.25) is 5.91 Å². The Labute approximate surface area is 131 Å². The molecule has 21 heavy (non-hydrogen) atoms. The number of carbonyl (C=O) groups excluding carboxylic acids is 2. The molecular weight excluding hydrogens is 304 g/mol. The van der Waals surface area contributed by atoms with Gasteiger partial charge in [0.1, 0.15) is 0 Å². The third-order valence-electron chi connectivity index (χ3n) is 3.52. The maximum absolute atomic E-state index is 12.2. The Bertz CT molecular complexity index is 675. The molecule has 2 amide bonds. The van der Waals surface area contributed by atoms with Crippen molar-refractivity contribution in [1.29, 1.82) is 0 Å². The minimum Gasteiger partial charge on any atom is -0.342 e. The highest BCUT2D eigenvalue weighted by Crippen LogP contribution is 2.23. The Kier molecular flexibility index (Phi) is 4.07. The number of fused-ring (bicyclic) bond motifs is 1. The normalized spacial score (nSPS) is 13.9. The van der Waals surface area contributed by atoms with Crippen LogP contribution < -0.4 is 5.32 Å². The monoisotopic (exact) mass is 320 g/mol. The number of thiophene rings is 2. The fourth-order valence-electron chi connectivity index (χ4n) is 2.37. The van der Waals surface area contributed by atoms with Crippen LogP contribution in [0.4, 0.5) is 0 Å². The molecular formula is C15H16N2O2S2. The van der Waals surface area contributed by atoms with Gasteiger partial charge in [-0.2, -0.15) is 0 Å². The van der Waals surface area contributed by atoms with E-state index in [1.54, 1.807) is 17.4 Å². The molecule has 0 bridgehead atoms. The van der Waals surface area contributed by atoms with Gasteiger partial charge in [-0.25, -0.2) is 0 Å². The fraction of sp³-hybridized carbons (Fsp3) is 0.333. The average molecular weight is 320 g/mol. The minimum atomic E-state index is -0.172. The maximum atomic E-state index is 12.2. The quantitative estimate of drug-likeness (QED) is 0.944. The predicted molar refractivity (Wildman–Crippen MR) is 84.8 cm³/mol. The summed E-state index contributed by atoms with van der Waals surface area (Å²) in [5.41, 5.74) is 1.24. The van der Waals surface area contributed by atoms with E-state index in [2.05, 4.69) is 16.8 Å². The topological polar surface area (TPSA) is 49.4 Å². The van der Waals surface area contributed by atoms with Gasteiger partial charge < -0.3 is 10.2 Å². The Morgan fingerprint density at radius 2 is 2.19 bits per heavy atom. The van der Waals surface area contributed by atoms with Gasteiger partial charge in [-0.3, -0.25) is 9.59 Å². The van der Waals surface area contributed by atoms with E-state index in [4.69, 9.17) is 0 Å². The highest BCUT2D eigenvalue weighted by molar-refractivity contribution is 7.13. The first kappa shape index (κ1) is 14.3. The van der Waals surface area contributed by atoms with Crippen LogP contribution in [0.5, 0.6) is 0 Å². The van der Waals surface area contributed by atoms with Crippen molar-refractivity contribution < 1.29 is 9.59 Å². The first-order valence-corrected chi connectivity index (χ1v) is 8.51. The van der Waals surface area contributed by atoms with Crippen LogP contribution >= 0.6 is 22.7 Å². The second kappa shape index (κ2) is 5.99. The molecule has 0 radical (unpaired) electrons. The number of nitrogens with one attached hydrogen (secondary N) is 1. The summed E-state index contributed by atoms with van der Waals surface area (Å²) in [5.74, 6) is -0.192. The van der Waals surface area contributed by atoms with Gasteiger partial charge in [-0.05, 0) is 42.5 Å². The van der Waals surface area contributed by atoms with Crippen LogP contribution in [-0.2, 0) is 17.8 Å². The number of hydrogen-bond donors (Lipinski definition) is 1. The van der Waals surface area contributed by atoms with Gasteiger partial charge in [-0.15, -0.1) is 22.7 Å². The lowest BCUT2D eigenvalue weighted by Crippen LogP contribution is -2.42. The first-order chi connectivity index (χ1) is 10.1. The van der Waals surface area contributed by atoms with Crippen LogP contribution in [0.1, 0.15) is 25.0 Å². The smallest absolute Gasteiger partial charge is 0.261 e. The van der Waals surface area contributed by atoms with Crippen molar-refractivity contribution in [2.75, 3.05) is 13.1 Å². The standard InChI is InChI=1S/C15H16N2O2S2/c1-10-2-3-13(21-10)15(19)16-8-14(18)17-6-4-12-11(9-17)5-7-20-12/h2-3,5,7H,4,6,8-9H2,1H3,(H,16,19). The van der Waals surface area contributed by atoms with Gasteiger partial charge >= 0.3 is 0 Å². The third-order valence-corrected chi connectivity index (χ3v) is 5.55. The summed E-state index contributed by atoms with van der Waals surface area (Å²) in [5, 5.41) is 4.78. The highest BCUT2D eigenvalue weighted by Gasteiger charge is 2.21. The van der Waals surface area contributed by atoms with Crippen LogP contribution in [0.3, 0.4) is 0 Å². The molecule has 0 atom stereocenters. The highest BCUT2D eigenvalue weighted by atomic mass is 32.1. The Hall–Kier alpha value is -1.66. The van der Waals surface area contributed by atoms with Crippen LogP contribution in [0, 0.1) is 6.92 Å². The van der Waals surface area contributed by atoms with Crippen LogP contribution in [0.2, 0.25) is 0 Å². The van der Waals surface area contributed by atoms with E-state index in [0.29, 0.717) is 11.4 Å². The molecule has 4 nitrogen and oxygen atoms in total. The number of amides is 2. The molecule has 3 rings (SSSR count). The Balaban J connectivity index is 1.54. The summed E-state index contributed by atoms with van der Waals surface area (Å²) in [6.07, 6.45) is 0.913. The number of carbonyl (C=O) groups is 2. The molecule has 1 N–H and O–H groups in total. The summed E-state index contributed by atoms with van der Waals surface area (Å²) < 4.78 is 0. The van der Waals surface area contributed by atoms with E-state index in [1.165, 1.54) is 21.8 Å². The van der Waals surface area contributed by atoms with Gasteiger partial charge in [0.25, 0.3) is 5.91 Å². The van der Waals surface area contributed by atoms with Crippen molar-refractivity contribution in [2.45, 2.75) is 19.9 Å².